The Morgan fingerprint density at radius 3 is 2.41 bits per heavy atom. The van der Waals surface area contributed by atoms with Gasteiger partial charge in [0, 0.05) is 0 Å². The molecule has 0 radical (unpaired) electrons. The van der Waals surface area contributed by atoms with E-state index in [-0.39, 0.29) is 11.9 Å². The van der Waals surface area contributed by atoms with Crippen molar-refractivity contribution in [1.29, 1.82) is 0 Å². The van der Waals surface area contributed by atoms with Gasteiger partial charge in [0.2, 0.25) is 0 Å². The van der Waals surface area contributed by atoms with Crippen LogP contribution in [0.25, 0.3) is 0 Å². The summed E-state index contributed by atoms with van der Waals surface area (Å²) in [5.74, 6) is 2.66. The quantitative estimate of drug-likeness (QED) is 0.807. The lowest BCUT2D eigenvalue weighted by Crippen LogP contribution is -2.39. The smallest absolute Gasteiger partial charge is 0.261 e. The van der Waals surface area contributed by atoms with E-state index in [1.807, 2.05) is 32.0 Å². The molecule has 6 nitrogen and oxygen atoms in total. The molecule has 0 spiro atoms. The molecule has 3 rings (SSSR count). The highest BCUT2D eigenvalue weighted by Crippen LogP contribution is 2.32. The van der Waals surface area contributed by atoms with E-state index in [4.69, 9.17) is 18.9 Å². The highest BCUT2D eigenvalue weighted by atomic mass is 16.6. The van der Waals surface area contributed by atoms with Crippen LogP contribution in [0.5, 0.6) is 23.0 Å². The minimum Gasteiger partial charge on any atom is -0.497 e. The number of rotatable bonds is 7. The van der Waals surface area contributed by atoms with E-state index in [2.05, 4.69) is 5.32 Å². The van der Waals surface area contributed by atoms with Gasteiger partial charge in [-0.05, 0) is 55.3 Å². The van der Waals surface area contributed by atoms with E-state index >= 15 is 0 Å². The summed E-state index contributed by atoms with van der Waals surface area (Å²) in [6, 6.07) is 12.7. The van der Waals surface area contributed by atoms with Gasteiger partial charge in [-0.25, -0.2) is 0 Å². The number of amides is 1. The predicted molar refractivity (Wildman–Crippen MR) is 102 cm³/mol. The first-order valence-electron chi connectivity index (χ1n) is 9.11. The third-order valence-electron chi connectivity index (χ3n) is 4.43. The Balaban J connectivity index is 1.63. The van der Waals surface area contributed by atoms with Crippen LogP contribution in [0.15, 0.2) is 42.5 Å². The zero-order valence-corrected chi connectivity index (χ0v) is 15.9. The van der Waals surface area contributed by atoms with Gasteiger partial charge in [0.25, 0.3) is 5.91 Å². The molecule has 0 saturated heterocycles. The summed E-state index contributed by atoms with van der Waals surface area (Å²) in [7, 11) is 1.61. The van der Waals surface area contributed by atoms with Crippen molar-refractivity contribution in [3.05, 3.63) is 48.0 Å². The SMILES string of the molecule is CC[C@@H](Oc1ccc(OC)cc1)C(=O)N[C@@H](C)c1ccc2c(c1)OCCO2. The number of ether oxygens (including phenoxy) is 4. The molecule has 0 saturated carbocycles. The molecular formula is C21H25NO5. The van der Waals surface area contributed by atoms with Crippen molar-refractivity contribution in [1.82, 2.24) is 5.32 Å². The summed E-state index contributed by atoms with van der Waals surface area (Å²) in [6.45, 7) is 4.94. The summed E-state index contributed by atoms with van der Waals surface area (Å²) >= 11 is 0. The molecule has 2 aromatic carbocycles. The van der Waals surface area contributed by atoms with E-state index in [0.29, 0.717) is 31.1 Å². The Hall–Kier alpha value is -2.89. The molecule has 0 fully saturated rings. The van der Waals surface area contributed by atoms with E-state index in [1.54, 1.807) is 31.4 Å². The van der Waals surface area contributed by atoms with E-state index in [1.165, 1.54) is 0 Å². The lowest BCUT2D eigenvalue weighted by atomic mass is 10.1. The first-order valence-corrected chi connectivity index (χ1v) is 9.11. The molecule has 6 heteroatoms. The molecule has 2 atom stereocenters. The zero-order chi connectivity index (χ0) is 19.2. The zero-order valence-electron chi connectivity index (χ0n) is 15.9. The largest absolute Gasteiger partial charge is 0.497 e. The minimum absolute atomic E-state index is 0.157. The molecule has 1 N–H and O–H groups in total. The monoisotopic (exact) mass is 371 g/mol. The fraction of sp³-hybridized carbons (Fsp3) is 0.381. The Bertz CT molecular complexity index is 775. The van der Waals surface area contributed by atoms with Gasteiger partial charge in [-0.1, -0.05) is 13.0 Å². The maximum atomic E-state index is 12.7. The Kier molecular flexibility index (Phi) is 6.06. The fourth-order valence-electron chi connectivity index (χ4n) is 2.86. The second kappa shape index (κ2) is 8.66. The summed E-state index contributed by atoms with van der Waals surface area (Å²) in [5, 5.41) is 3.01. The molecule has 1 aliphatic rings. The van der Waals surface area contributed by atoms with Crippen molar-refractivity contribution >= 4 is 5.91 Å². The minimum atomic E-state index is -0.571. The molecule has 144 valence electrons. The van der Waals surface area contributed by atoms with Crippen molar-refractivity contribution in [2.24, 2.45) is 0 Å². The highest BCUT2D eigenvalue weighted by molar-refractivity contribution is 5.81. The van der Waals surface area contributed by atoms with Gasteiger partial charge in [-0.3, -0.25) is 4.79 Å². The second-order valence-corrected chi connectivity index (χ2v) is 6.32. The van der Waals surface area contributed by atoms with Crippen molar-refractivity contribution < 1.29 is 23.7 Å². The standard InChI is InChI=1S/C21H25NO5/c1-4-18(27-17-8-6-16(24-3)7-9-17)21(23)22-14(2)15-5-10-19-20(13-15)26-12-11-25-19/h5-10,13-14,18H,4,11-12H2,1-3H3,(H,22,23)/t14-,18+/m0/s1. The van der Waals surface area contributed by atoms with Crippen LogP contribution in [0.3, 0.4) is 0 Å². The summed E-state index contributed by atoms with van der Waals surface area (Å²) in [6.07, 6.45) is -0.0100. The van der Waals surface area contributed by atoms with Crippen LogP contribution in [-0.2, 0) is 4.79 Å². The van der Waals surface area contributed by atoms with Gasteiger partial charge < -0.3 is 24.3 Å². The van der Waals surface area contributed by atoms with Crippen molar-refractivity contribution in [2.45, 2.75) is 32.4 Å². The highest BCUT2D eigenvalue weighted by Gasteiger charge is 2.22. The van der Waals surface area contributed by atoms with Crippen LogP contribution in [0.2, 0.25) is 0 Å². The van der Waals surface area contributed by atoms with Crippen LogP contribution >= 0.6 is 0 Å². The van der Waals surface area contributed by atoms with Crippen LogP contribution in [0.1, 0.15) is 31.9 Å². The molecule has 2 aromatic rings. The first kappa shape index (κ1) is 18.9. The Morgan fingerprint density at radius 1 is 1.07 bits per heavy atom. The van der Waals surface area contributed by atoms with E-state index < -0.39 is 6.10 Å². The molecule has 1 amide bonds. The molecule has 27 heavy (non-hydrogen) atoms. The average Bonchev–Trinajstić information content (AvgIpc) is 2.71. The number of fused-ring (bicyclic) bond motifs is 1. The summed E-state index contributed by atoms with van der Waals surface area (Å²) in [4.78, 5) is 12.7. The van der Waals surface area contributed by atoms with Gasteiger partial charge >= 0.3 is 0 Å². The van der Waals surface area contributed by atoms with Crippen LogP contribution < -0.4 is 24.3 Å². The van der Waals surface area contributed by atoms with Gasteiger partial charge in [0.05, 0.1) is 13.2 Å². The summed E-state index contributed by atoms with van der Waals surface area (Å²) < 4.78 is 22.1. The number of carbonyl (C=O) groups is 1. The molecule has 1 heterocycles. The maximum Gasteiger partial charge on any atom is 0.261 e. The average molecular weight is 371 g/mol. The lowest BCUT2D eigenvalue weighted by molar-refractivity contribution is -0.128. The lowest BCUT2D eigenvalue weighted by Gasteiger charge is -2.23. The number of methoxy groups -OCH3 is 1. The van der Waals surface area contributed by atoms with Crippen molar-refractivity contribution in [2.75, 3.05) is 20.3 Å². The van der Waals surface area contributed by atoms with E-state index in [0.717, 1.165) is 17.1 Å². The fourth-order valence-corrected chi connectivity index (χ4v) is 2.86. The Morgan fingerprint density at radius 2 is 1.74 bits per heavy atom. The topological polar surface area (TPSA) is 66.0 Å². The molecular weight excluding hydrogens is 346 g/mol. The van der Waals surface area contributed by atoms with E-state index in [9.17, 15) is 4.79 Å². The molecule has 0 aromatic heterocycles. The predicted octanol–water partition coefficient (Wildman–Crippen LogP) is 3.50. The van der Waals surface area contributed by atoms with Crippen LogP contribution in [0, 0.1) is 0 Å². The number of benzene rings is 2. The third kappa shape index (κ3) is 4.64. The number of hydrogen-bond acceptors (Lipinski definition) is 5. The van der Waals surface area contributed by atoms with Gasteiger partial charge in [-0.15, -0.1) is 0 Å². The third-order valence-corrected chi connectivity index (χ3v) is 4.43. The van der Waals surface area contributed by atoms with Crippen molar-refractivity contribution in [3.63, 3.8) is 0 Å². The molecule has 0 unspecified atom stereocenters. The second-order valence-electron chi connectivity index (χ2n) is 6.32. The molecule has 1 aliphatic heterocycles. The van der Waals surface area contributed by atoms with Crippen molar-refractivity contribution in [3.8, 4) is 23.0 Å². The summed E-state index contributed by atoms with van der Waals surface area (Å²) in [5.41, 5.74) is 0.951. The normalized spacial score (nSPS) is 14.8. The maximum absolute atomic E-state index is 12.7. The van der Waals surface area contributed by atoms with Crippen LogP contribution in [0.4, 0.5) is 0 Å². The van der Waals surface area contributed by atoms with Gasteiger partial charge in [-0.2, -0.15) is 0 Å². The Labute approximate surface area is 159 Å². The van der Waals surface area contributed by atoms with Gasteiger partial charge in [0.1, 0.15) is 24.7 Å². The van der Waals surface area contributed by atoms with Crippen LogP contribution in [-0.4, -0.2) is 32.3 Å². The number of hydrogen-bond donors (Lipinski definition) is 1. The first-order chi connectivity index (χ1) is 13.1. The molecule has 0 bridgehead atoms. The number of carbonyl (C=O) groups excluding carboxylic acids is 1. The number of nitrogens with one attached hydrogen (secondary N) is 1. The van der Waals surface area contributed by atoms with Gasteiger partial charge in [0.15, 0.2) is 17.6 Å². The molecule has 0 aliphatic carbocycles.